The molecule has 0 aromatic heterocycles. The van der Waals surface area contributed by atoms with E-state index in [1.807, 2.05) is 127 Å². The number of para-hydroxylation sites is 3. The van der Waals surface area contributed by atoms with Gasteiger partial charge in [-0.15, -0.1) is 12.4 Å². The number of Topliss-reactive ketones (excluding diaryl/α,β-unsaturated/α-hetero) is 3. The third-order valence-electron chi connectivity index (χ3n) is 15.3. The van der Waals surface area contributed by atoms with Crippen LogP contribution in [-0.4, -0.2) is 87.0 Å². The van der Waals surface area contributed by atoms with Crippen LogP contribution in [-0.2, 0) is 48.2 Å². The number of allylic oxidation sites excluding steroid dienone is 6. The van der Waals surface area contributed by atoms with Crippen LogP contribution in [0, 0.1) is 0 Å². The van der Waals surface area contributed by atoms with Crippen LogP contribution < -0.4 is 26.2 Å². The molecule has 0 unspecified atom stereocenters. The van der Waals surface area contributed by atoms with Gasteiger partial charge in [-0.3, -0.25) is 14.4 Å². The summed E-state index contributed by atoms with van der Waals surface area (Å²) < 4.78 is 2.87. The molecule has 6 aromatic carbocycles. The van der Waals surface area contributed by atoms with Gasteiger partial charge in [0.05, 0.1) is 33.8 Å². The van der Waals surface area contributed by atoms with E-state index in [9.17, 15) is 14.4 Å². The molecule has 6 aromatic rings. The summed E-state index contributed by atoms with van der Waals surface area (Å²) in [6, 6.07) is 41.8. The molecule has 0 spiro atoms. The Balaban J connectivity index is 0.000000150. The van der Waals surface area contributed by atoms with E-state index in [0.717, 1.165) is 130 Å². The van der Waals surface area contributed by atoms with Crippen LogP contribution in [0.3, 0.4) is 0 Å². The minimum Gasteiger partial charge on any atom is -0.395 e. The van der Waals surface area contributed by atoms with Crippen LogP contribution in [0.15, 0.2) is 173 Å². The first kappa shape index (κ1) is 61.6. The van der Waals surface area contributed by atoms with Crippen molar-refractivity contribution in [1.82, 2.24) is 0 Å². The third kappa shape index (κ3) is 13.3. The molecule has 3 aliphatic carbocycles. The monoisotopic (exact) mass is 1340 g/mol. The van der Waals surface area contributed by atoms with E-state index < -0.39 is 0 Å². The number of piperazine rings is 1. The lowest BCUT2D eigenvalue weighted by atomic mass is 10.0. The Kier molecular flexibility index (Phi) is 20.7. The number of oxime groups is 3. The molecule has 14 nitrogen and oxygen atoms in total. The SMILES string of the molecule is C.CCCCO/N=C1/C(=C2/C(=O)Cc3ccc(Br)cc32)Nc2ccccc21.CCCCO/N=C1/C(=C2/C(=O)Cc3ccc(Br)cc32)Nc2ccccc21.Cl.O=C1Cc2ccc(Br)cc2/C1=C1/Nc2ccccc2/C1=N\OCC[NH+]1CC[NH2+]CC1. The molecule has 1 fully saturated rings. The number of ketones is 3. The van der Waals surface area contributed by atoms with Crippen LogP contribution in [0.4, 0.5) is 17.1 Å². The Morgan fingerprint density at radius 1 is 0.476 bits per heavy atom. The van der Waals surface area contributed by atoms with Crippen molar-refractivity contribution in [1.29, 1.82) is 0 Å². The van der Waals surface area contributed by atoms with Crippen molar-refractivity contribution in [2.75, 3.05) is 68.5 Å². The van der Waals surface area contributed by atoms with Crippen LogP contribution in [0.2, 0.25) is 0 Å². The molecule has 84 heavy (non-hydrogen) atoms. The maximum absolute atomic E-state index is 12.9. The highest BCUT2D eigenvalue weighted by Gasteiger charge is 2.37. The molecule has 4 aliphatic heterocycles. The molecule has 0 amide bonds. The average Bonchev–Trinajstić information content (AvgIpc) is 3.19. The predicted octanol–water partition coefficient (Wildman–Crippen LogP) is 11.5. The quantitative estimate of drug-likeness (QED) is 0.0454. The zero-order valence-corrected chi connectivity index (χ0v) is 51.7. The topological polar surface area (TPSA) is 173 Å². The van der Waals surface area contributed by atoms with E-state index in [-0.39, 0.29) is 37.2 Å². The standard InChI is InChI=1S/C23H23BrN4O2.2C21H19BrN2O2.CH4.ClH/c24-16-6-5-15-13-20(29)21(18(15)14-16)23-22(17-3-1-2-4-19(17)26-23)27-30-12-11-28-9-7-25-8-10-28;2*1-2-3-10-26-24-20-15-6-4-5-7-17(15)23-21(20)19-16-12-14(22)9-8-13(16)11-18(19)25;;/h1-6,14,25-26H,7-13H2;2*4-9,12,23H,2-3,10-11H2,1H3;1H4;1H/p+2/b23-21-,27-22+;2*21-19-,24-20+;;. The number of nitrogens with two attached hydrogens (primary N) is 1. The summed E-state index contributed by atoms with van der Waals surface area (Å²) in [7, 11) is 0. The number of nitrogens with zero attached hydrogens (tertiary/aromatic N) is 3. The highest BCUT2D eigenvalue weighted by Crippen LogP contribution is 2.42. The zero-order chi connectivity index (χ0) is 56.7. The smallest absolute Gasteiger partial charge is 0.170 e. The van der Waals surface area contributed by atoms with Gasteiger partial charge in [0.25, 0.3) is 0 Å². The van der Waals surface area contributed by atoms with Crippen LogP contribution >= 0.6 is 60.2 Å². The second-order valence-corrected chi connectivity index (χ2v) is 23.6. The first-order valence-electron chi connectivity index (χ1n) is 28.1. The summed E-state index contributed by atoms with van der Waals surface area (Å²) in [5, 5.41) is 25.9. The van der Waals surface area contributed by atoms with Gasteiger partial charge in [-0.25, -0.2) is 0 Å². The number of carbonyl (C=O) groups excluding carboxylic acids is 3. The lowest BCUT2D eigenvalue weighted by Crippen LogP contribution is -3.20. The molecule has 13 rings (SSSR count). The lowest BCUT2D eigenvalue weighted by Gasteiger charge is -2.21. The minimum atomic E-state index is 0. The fraction of sp³-hybridized carbons (Fsp3) is 0.273. The fourth-order valence-corrected chi connectivity index (χ4v) is 12.2. The lowest BCUT2D eigenvalue weighted by molar-refractivity contribution is -0.947. The predicted molar refractivity (Wildman–Crippen MR) is 348 cm³/mol. The van der Waals surface area contributed by atoms with Gasteiger partial charge in [0.2, 0.25) is 0 Å². The van der Waals surface area contributed by atoms with Gasteiger partial charge in [-0.1, -0.05) is 170 Å². The van der Waals surface area contributed by atoms with Gasteiger partial charge >= 0.3 is 0 Å². The van der Waals surface area contributed by atoms with Crippen molar-refractivity contribution in [3.63, 3.8) is 0 Å². The maximum Gasteiger partial charge on any atom is 0.170 e. The summed E-state index contributed by atoms with van der Waals surface area (Å²) in [5.41, 5.74) is 18.2. The molecule has 1 saturated heterocycles. The molecule has 4 heterocycles. The summed E-state index contributed by atoms with van der Waals surface area (Å²) in [6.45, 7) is 11.6. The molecule has 434 valence electrons. The fourth-order valence-electron chi connectivity index (χ4n) is 11.1. The molecule has 0 atom stereocenters. The number of rotatable bonds is 12. The van der Waals surface area contributed by atoms with E-state index in [4.69, 9.17) is 14.5 Å². The molecular formula is C66H68Br3ClN8O6+2. The number of nitrogens with one attached hydrogen (secondary N) is 4. The largest absolute Gasteiger partial charge is 0.395 e. The van der Waals surface area contributed by atoms with Crippen LogP contribution in [0.25, 0.3) is 16.7 Å². The molecule has 6 N–H and O–H groups in total. The number of halogens is 4. The highest BCUT2D eigenvalue weighted by atomic mass is 79.9. The number of hydrogen-bond donors (Lipinski definition) is 5. The normalized spacial score (nSPS) is 20.0. The first-order valence-corrected chi connectivity index (χ1v) is 30.5. The van der Waals surface area contributed by atoms with Crippen molar-refractivity contribution in [3.05, 3.63) is 208 Å². The van der Waals surface area contributed by atoms with Crippen molar-refractivity contribution in [2.24, 2.45) is 15.5 Å². The first-order chi connectivity index (χ1) is 40.1. The van der Waals surface area contributed by atoms with Crippen molar-refractivity contribution in [2.45, 2.75) is 66.2 Å². The Morgan fingerprint density at radius 2 is 0.810 bits per heavy atom. The van der Waals surface area contributed by atoms with E-state index in [2.05, 4.69) is 98.4 Å². The Morgan fingerprint density at radius 3 is 1.15 bits per heavy atom. The number of unbranched alkanes of at least 4 members (excludes halogenated alkanes) is 2. The van der Waals surface area contributed by atoms with E-state index in [0.29, 0.717) is 72.9 Å². The highest BCUT2D eigenvalue weighted by molar-refractivity contribution is 9.11. The average molecular weight is 1340 g/mol. The summed E-state index contributed by atoms with van der Waals surface area (Å²) >= 11 is 10.6. The Labute approximate surface area is 522 Å². The summed E-state index contributed by atoms with van der Waals surface area (Å²) in [4.78, 5) is 57.0. The molecular weight excluding hydrogens is 1280 g/mol. The summed E-state index contributed by atoms with van der Waals surface area (Å²) in [6.07, 6.45) is 5.26. The number of benzene rings is 6. The maximum atomic E-state index is 12.9. The van der Waals surface area contributed by atoms with Gasteiger partial charge in [0.1, 0.15) is 63.1 Å². The summed E-state index contributed by atoms with van der Waals surface area (Å²) in [5.74, 6) is 0.324. The van der Waals surface area contributed by atoms with Gasteiger partial charge < -0.3 is 40.7 Å². The number of hydrogen-bond acceptors (Lipinski definition) is 12. The van der Waals surface area contributed by atoms with Crippen molar-refractivity contribution >= 4 is 128 Å². The number of carbonyl (C=O) groups is 3. The van der Waals surface area contributed by atoms with Gasteiger partial charge in [0, 0.05) is 66.4 Å². The van der Waals surface area contributed by atoms with Gasteiger partial charge in [0.15, 0.2) is 24.0 Å². The number of anilines is 3. The molecule has 0 saturated carbocycles. The van der Waals surface area contributed by atoms with E-state index >= 15 is 0 Å². The van der Waals surface area contributed by atoms with Gasteiger partial charge in [-0.2, -0.15) is 0 Å². The van der Waals surface area contributed by atoms with E-state index in [1.54, 1.807) is 4.90 Å². The van der Waals surface area contributed by atoms with Gasteiger partial charge in [-0.05, 0) is 101 Å². The second kappa shape index (κ2) is 28.3. The van der Waals surface area contributed by atoms with Crippen molar-refractivity contribution < 1.29 is 39.1 Å². The Bertz CT molecular complexity index is 3560. The second-order valence-electron chi connectivity index (χ2n) is 20.9. The Hall–Kier alpha value is -6.99. The molecule has 0 radical (unpaired) electrons. The minimum absolute atomic E-state index is 0. The molecule has 0 bridgehead atoms. The van der Waals surface area contributed by atoms with Crippen LogP contribution in [0.5, 0.6) is 0 Å². The number of quaternary nitrogens is 2. The van der Waals surface area contributed by atoms with Crippen molar-refractivity contribution in [3.8, 4) is 0 Å². The van der Waals surface area contributed by atoms with Crippen LogP contribution in [0.1, 0.15) is 97.0 Å². The third-order valence-corrected chi connectivity index (χ3v) is 16.8. The molecule has 18 heteroatoms. The number of fused-ring (bicyclic) bond motifs is 6. The molecule has 7 aliphatic rings. The van der Waals surface area contributed by atoms with E-state index in [1.165, 1.54) is 26.2 Å². The zero-order valence-electron chi connectivity index (χ0n) is 46.1.